The van der Waals surface area contributed by atoms with Gasteiger partial charge < -0.3 is 14.5 Å². The predicted octanol–water partition coefficient (Wildman–Crippen LogP) is 4.22. The van der Waals surface area contributed by atoms with Gasteiger partial charge in [0.15, 0.2) is 0 Å². The third kappa shape index (κ3) is 2.96. The molecule has 26 heavy (non-hydrogen) atoms. The van der Waals surface area contributed by atoms with Crippen molar-refractivity contribution in [3.8, 4) is 5.75 Å². The molecule has 0 aliphatic heterocycles. The SMILES string of the molecule is COc1ccccc1C1(C(=O)NC(C)Cc2cc3ccccc3o2)CC1. The fraction of sp³-hybridized carbons (Fsp3) is 0.318. The van der Waals surface area contributed by atoms with E-state index in [2.05, 4.69) is 5.32 Å². The van der Waals surface area contributed by atoms with E-state index in [4.69, 9.17) is 9.15 Å². The lowest BCUT2D eigenvalue weighted by molar-refractivity contribution is -0.124. The molecular formula is C22H23NO3. The number of carbonyl (C=O) groups excluding carboxylic acids is 1. The first-order chi connectivity index (χ1) is 12.6. The Balaban J connectivity index is 1.47. The average molecular weight is 349 g/mol. The van der Waals surface area contributed by atoms with E-state index in [-0.39, 0.29) is 11.9 Å². The van der Waals surface area contributed by atoms with Gasteiger partial charge in [-0.2, -0.15) is 0 Å². The van der Waals surface area contributed by atoms with Crippen molar-refractivity contribution in [2.75, 3.05) is 7.11 Å². The first-order valence-electron chi connectivity index (χ1n) is 9.04. The van der Waals surface area contributed by atoms with Crippen molar-refractivity contribution in [2.45, 2.75) is 37.6 Å². The quantitative estimate of drug-likeness (QED) is 0.725. The van der Waals surface area contributed by atoms with Gasteiger partial charge in [0, 0.05) is 23.4 Å². The molecule has 1 fully saturated rings. The summed E-state index contributed by atoms with van der Waals surface area (Å²) in [4.78, 5) is 13.0. The van der Waals surface area contributed by atoms with Crippen molar-refractivity contribution in [1.29, 1.82) is 0 Å². The second-order valence-corrected chi connectivity index (χ2v) is 7.11. The topological polar surface area (TPSA) is 51.5 Å². The first-order valence-corrected chi connectivity index (χ1v) is 9.04. The largest absolute Gasteiger partial charge is 0.496 e. The van der Waals surface area contributed by atoms with Crippen LogP contribution in [0.2, 0.25) is 0 Å². The Hall–Kier alpha value is -2.75. The van der Waals surface area contributed by atoms with Crippen LogP contribution < -0.4 is 10.1 Å². The summed E-state index contributed by atoms with van der Waals surface area (Å²) in [5.74, 6) is 1.75. The Morgan fingerprint density at radius 3 is 2.65 bits per heavy atom. The number of rotatable bonds is 6. The summed E-state index contributed by atoms with van der Waals surface area (Å²) in [6.07, 6.45) is 2.38. The third-order valence-electron chi connectivity index (χ3n) is 5.17. The van der Waals surface area contributed by atoms with Gasteiger partial charge in [-0.25, -0.2) is 0 Å². The number of carbonyl (C=O) groups is 1. The van der Waals surface area contributed by atoms with Crippen molar-refractivity contribution in [2.24, 2.45) is 0 Å². The van der Waals surface area contributed by atoms with Crippen LogP contribution in [-0.2, 0) is 16.6 Å². The number of fused-ring (bicyclic) bond motifs is 1. The van der Waals surface area contributed by atoms with Crippen LogP contribution in [0, 0.1) is 0 Å². The lowest BCUT2D eigenvalue weighted by Gasteiger charge is -2.21. The number of para-hydroxylation sites is 2. The Morgan fingerprint density at radius 1 is 1.19 bits per heavy atom. The molecule has 1 amide bonds. The van der Waals surface area contributed by atoms with E-state index in [1.54, 1.807) is 7.11 Å². The van der Waals surface area contributed by atoms with Crippen LogP contribution >= 0.6 is 0 Å². The van der Waals surface area contributed by atoms with Gasteiger partial charge in [-0.3, -0.25) is 4.79 Å². The molecule has 1 saturated carbocycles. The van der Waals surface area contributed by atoms with E-state index in [1.807, 2.05) is 61.5 Å². The van der Waals surface area contributed by atoms with Crippen LogP contribution in [0.3, 0.4) is 0 Å². The molecule has 134 valence electrons. The smallest absolute Gasteiger partial charge is 0.231 e. The van der Waals surface area contributed by atoms with Crippen LogP contribution in [0.15, 0.2) is 59.0 Å². The molecule has 1 aliphatic carbocycles. The van der Waals surface area contributed by atoms with E-state index in [0.717, 1.165) is 40.9 Å². The molecule has 2 aromatic carbocycles. The highest BCUT2D eigenvalue weighted by Crippen LogP contribution is 2.51. The Labute approximate surface area is 153 Å². The fourth-order valence-corrected chi connectivity index (χ4v) is 3.64. The highest BCUT2D eigenvalue weighted by Gasteiger charge is 2.52. The van der Waals surface area contributed by atoms with E-state index in [9.17, 15) is 4.79 Å². The number of amides is 1. The van der Waals surface area contributed by atoms with Gasteiger partial charge in [0.1, 0.15) is 17.1 Å². The molecule has 1 aliphatic rings. The van der Waals surface area contributed by atoms with Crippen LogP contribution in [0.1, 0.15) is 31.1 Å². The summed E-state index contributed by atoms with van der Waals surface area (Å²) in [6, 6.07) is 17.8. The maximum atomic E-state index is 13.0. The van der Waals surface area contributed by atoms with Crippen LogP contribution in [0.5, 0.6) is 5.75 Å². The van der Waals surface area contributed by atoms with E-state index < -0.39 is 5.41 Å². The van der Waals surface area contributed by atoms with E-state index in [1.165, 1.54) is 0 Å². The maximum absolute atomic E-state index is 13.0. The fourth-order valence-electron chi connectivity index (χ4n) is 3.64. The Bertz CT molecular complexity index is 906. The van der Waals surface area contributed by atoms with E-state index >= 15 is 0 Å². The maximum Gasteiger partial charge on any atom is 0.231 e. The molecule has 1 heterocycles. The van der Waals surface area contributed by atoms with Crippen LogP contribution in [0.4, 0.5) is 0 Å². The molecule has 1 N–H and O–H groups in total. The molecular weight excluding hydrogens is 326 g/mol. The van der Waals surface area contributed by atoms with Gasteiger partial charge in [-0.1, -0.05) is 36.4 Å². The molecule has 1 unspecified atom stereocenters. The predicted molar refractivity (Wildman–Crippen MR) is 101 cm³/mol. The highest BCUT2D eigenvalue weighted by molar-refractivity contribution is 5.92. The zero-order valence-corrected chi connectivity index (χ0v) is 15.1. The first kappa shape index (κ1) is 16.7. The zero-order chi connectivity index (χ0) is 18.1. The minimum absolute atomic E-state index is 0.00440. The summed E-state index contributed by atoms with van der Waals surface area (Å²) in [5.41, 5.74) is 1.42. The van der Waals surface area contributed by atoms with Crippen LogP contribution in [-0.4, -0.2) is 19.1 Å². The number of methoxy groups -OCH3 is 1. The highest BCUT2D eigenvalue weighted by atomic mass is 16.5. The molecule has 0 saturated heterocycles. The van der Waals surface area contributed by atoms with Gasteiger partial charge in [-0.05, 0) is 38.0 Å². The minimum Gasteiger partial charge on any atom is -0.496 e. The normalized spacial score (nSPS) is 16.2. The molecule has 3 aromatic rings. The second-order valence-electron chi connectivity index (χ2n) is 7.11. The molecule has 1 atom stereocenters. The lowest BCUT2D eigenvalue weighted by Crippen LogP contribution is -2.41. The van der Waals surface area contributed by atoms with Gasteiger partial charge in [0.2, 0.25) is 5.91 Å². The molecule has 1 aromatic heterocycles. The molecule has 0 bridgehead atoms. The van der Waals surface area contributed by atoms with Gasteiger partial charge >= 0.3 is 0 Å². The Kier molecular flexibility index (Phi) is 4.19. The summed E-state index contributed by atoms with van der Waals surface area (Å²) >= 11 is 0. The molecule has 0 radical (unpaired) electrons. The second kappa shape index (κ2) is 6.52. The lowest BCUT2D eigenvalue weighted by atomic mass is 9.93. The van der Waals surface area contributed by atoms with Gasteiger partial charge in [0.05, 0.1) is 12.5 Å². The minimum atomic E-state index is -0.450. The number of hydrogen-bond acceptors (Lipinski definition) is 3. The van der Waals surface area contributed by atoms with E-state index in [0.29, 0.717) is 6.42 Å². The number of hydrogen-bond donors (Lipinski definition) is 1. The average Bonchev–Trinajstić information content (AvgIpc) is 3.36. The number of benzene rings is 2. The Morgan fingerprint density at radius 2 is 1.92 bits per heavy atom. The number of nitrogens with one attached hydrogen (secondary N) is 1. The van der Waals surface area contributed by atoms with Crippen molar-refractivity contribution in [3.05, 3.63) is 65.9 Å². The standard InChI is InChI=1S/C22H23NO3/c1-15(13-17-14-16-7-3-5-9-19(16)26-17)23-21(24)22(11-12-22)18-8-4-6-10-20(18)25-2/h3-10,14-15H,11-13H2,1-2H3,(H,23,24). The molecule has 4 rings (SSSR count). The van der Waals surface area contributed by atoms with Crippen molar-refractivity contribution in [1.82, 2.24) is 5.32 Å². The van der Waals surface area contributed by atoms with Gasteiger partial charge in [0.25, 0.3) is 0 Å². The molecule has 4 nitrogen and oxygen atoms in total. The summed E-state index contributed by atoms with van der Waals surface area (Å²) < 4.78 is 11.3. The van der Waals surface area contributed by atoms with Crippen molar-refractivity contribution >= 4 is 16.9 Å². The number of ether oxygens (including phenoxy) is 1. The number of furan rings is 1. The summed E-state index contributed by atoms with van der Waals surface area (Å²) in [7, 11) is 1.65. The van der Waals surface area contributed by atoms with Crippen LogP contribution in [0.25, 0.3) is 11.0 Å². The summed E-state index contributed by atoms with van der Waals surface area (Å²) in [5, 5.41) is 4.26. The third-order valence-corrected chi connectivity index (χ3v) is 5.17. The van der Waals surface area contributed by atoms with Gasteiger partial charge in [-0.15, -0.1) is 0 Å². The molecule has 4 heteroatoms. The summed E-state index contributed by atoms with van der Waals surface area (Å²) in [6.45, 7) is 2.02. The van der Waals surface area contributed by atoms with Crippen molar-refractivity contribution < 1.29 is 13.9 Å². The monoisotopic (exact) mass is 349 g/mol. The zero-order valence-electron chi connectivity index (χ0n) is 15.1. The molecule has 0 spiro atoms. The van der Waals surface area contributed by atoms with Crippen molar-refractivity contribution in [3.63, 3.8) is 0 Å².